The summed E-state index contributed by atoms with van der Waals surface area (Å²) in [7, 11) is 1.82. The van der Waals surface area contributed by atoms with Gasteiger partial charge in [-0.25, -0.2) is 0 Å². The standard InChI is InChI=1S/C11H15ClN6/c1-18-6-8(16-17-18)5-11(15-14)9-3-2-7(12)4-10(9)13/h2-4,6,11,15H,5,13-14H2,1H3. The Bertz CT molecular complexity index is 538. The van der Waals surface area contributed by atoms with E-state index in [9.17, 15) is 0 Å². The van der Waals surface area contributed by atoms with E-state index >= 15 is 0 Å². The lowest BCUT2D eigenvalue weighted by atomic mass is 10.0. The number of rotatable bonds is 4. The minimum Gasteiger partial charge on any atom is -0.398 e. The molecule has 1 unspecified atom stereocenters. The molecule has 0 amide bonds. The Morgan fingerprint density at radius 1 is 1.50 bits per heavy atom. The number of hydrogen-bond donors (Lipinski definition) is 3. The summed E-state index contributed by atoms with van der Waals surface area (Å²) in [5.41, 5.74) is 11.0. The molecule has 18 heavy (non-hydrogen) atoms. The second kappa shape index (κ2) is 5.34. The minimum atomic E-state index is -0.126. The lowest BCUT2D eigenvalue weighted by Gasteiger charge is -2.17. The van der Waals surface area contributed by atoms with E-state index < -0.39 is 0 Å². The Balaban J connectivity index is 2.22. The van der Waals surface area contributed by atoms with E-state index in [1.807, 2.05) is 19.3 Å². The van der Waals surface area contributed by atoms with Crippen molar-refractivity contribution in [3.63, 3.8) is 0 Å². The highest BCUT2D eigenvalue weighted by Gasteiger charge is 2.15. The second-order valence-corrected chi connectivity index (χ2v) is 4.52. The lowest BCUT2D eigenvalue weighted by Crippen LogP contribution is -2.30. The van der Waals surface area contributed by atoms with Crippen LogP contribution in [0.15, 0.2) is 24.4 Å². The zero-order valence-corrected chi connectivity index (χ0v) is 10.7. The fraction of sp³-hybridized carbons (Fsp3) is 0.273. The third kappa shape index (κ3) is 2.79. The van der Waals surface area contributed by atoms with E-state index in [-0.39, 0.29) is 6.04 Å². The molecular formula is C11H15ClN6. The summed E-state index contributed by atoms with van der Waals surface area (Å²) in [4.78, 5) is 0. The zero-order chi connectivity index (χ0) is 13.1. The molecule has 7 heteroatoms. The maximum atomic E-state index is 5.94. The average Bonchev–Trinajstić information content (AvgIpc) is 2.72. The van der Waals surface area contributed by atoms with Crippen molar-refractivity contribution in [3.05, 3.63) is 40.7 Å². The smallest absolute Gasteiger partial charge is 0.0846 e. The number of nitrogens with zero attached hydrogens (tertiary/aromatic N) is 3. The molecule has 96 valence electrons. The van der Waals surface area contributed by atoms with E-state index in [0.717, 1.165) is 11.3 Å². The summed E-state index contributed by atoms with van der Waals surface area (Å²) in [6, 6.07) is 5.23. The van der Waals surface area contributed by atoms with Crippen molar-refractivity contribution in [1.29, 1.82) is 0 Å². The van der Waals surface area contributed by atoms with E-state index in [4.69, 9.17) is 23.2 Å². The van der Waals surface area contributed by atoms with Crippen LogP contribution in [-0.4, -0.2) is 15.0 Å². The quantitative estimate of drug-likeness (QED) is 0.432. The first-order valence-electron chi connectivity index (χ1n) is 5.46. The van der Waals surface area contributed by atoms with Gasteiger partial charge in [0.15, 0.2) is 0 Å². The highest BCUT2D eigenvalue weighted by Crippen LogP contribution is 2.25. The maximum Gasteiger partial charge on any atom is 0.0846 e. The predicted octanol–water partition coefficient (Wildman–Crippen LogP) is 0.798. The number of anilines is 1. The Morgan fingerprint density at radius 3 is 2.83 bits per heavy atom. The van der Waals surface area contributed by atoms with Gasteiger partial charge in [-0.05, 0) is 17.7 Å². The topological polar surface area (TPSA) is 94.8 Å². The number of nitrogen functional groups attached to an aromatic ring is 1. The first kappa shape index (κ1) is 12.8. The van der Waals surface area contributed by atoms with E-state index in [1.165, 1.54) is 0 Å². The summed E-state index contributed by atoms with van der Waals surface area (Å²) >= 11 is 5.87. The number of hydrazine groups is 1. The number of nitrogens with two attached hydrogens (primary N) is 2. The van der Waals surface area contributed by atoms with Crippen molar-refractivity contribution in [2.45, 2.75) is 12.5 Å². The first-order valence-corrected chi connectivity index (χ1v) is 5.84. The van der Waals surface area contributed by atoms with Gasteiger partial charge in [-0.15, -0.1) is 5.10 Å². The predicted molar refractivity (Wildman–Crippen MR) is 70.6 cm³/mol. The number of aromatic nitrogens is 3. The molecule has 2 aromatic rings. The van der Waals surface area contributed by atoms with Gasteiger partial charge in [-0.3, -0.25) is 16.0 Å². The number of aryl methyl sites for hydroxylation is 1. The van der Waals surface area contributed by atoms with Crippen LogP contribution >= 0.6 is 11.6 Å². The molecule has 0 saturated heterocycles. The molecular weight excluding hydrogens is 252 g/mol. The van der Waals surface area contributed by atoms with Gasteiger partial charge in [-0.2, -0.15) is 0 Å². The summed E-state index contributed by atoms with van der Waals surface area (Å²) in [5.74, 6) is 5.57. The number of nitrogens with one attached hydrogen (secondary N) is 1. The van der Waals surface area contributed by atoms with Gasteiger partial charge >= 0.3 is 0 Å². The highest BCUT2D eigenvalue weighted by atomic mass is 35.5. The molecule has 1 aromatic carbocycles. The van der Waals surface area contributed by atoms with Gasteiger partial charge in [-0.1, -0.05) is 22.9 Å². The SMILES string of the molecule is Cn1cc(CC(NN)c2ccc(Cl)cc2N)nn1. The van der Waals surface area contributed by atoms with Crippen molar-refractivity contribution in [1.82, 2.24) is 20.4 Å². The van der Waals surface area contributed by atoms with Crippen molar-refractivity contribution in [2.24, 2.45) is 12.9 Å². The van der Waals surface area contributed by atoms with Crippen molar-refractivity contribution < 1.29 is 0 Å². The summed E-state index contributed by atoms with van der Waals surface area (Å²) < 4.78 is 1.65. The van der Waals surface area contributed by atoms with Crippen LogP contribution in [-0.2, 0) is 13.5 Å². The molecule has 0 aliphatic carbocycles. The average molecular weight is 267 g/mol. The monoisotopic (exact) mass is 266 g/mol. The van der Waals surface area contributed by atoms with Crippen LogP contribution in [0.3, 0.4) is 0 Å². The molecule has 0 saturated carbocycles. The van der Waals surface area contributed by atoms with Crippen molar-refractivity contribution in [3.8, 4) is 0 Å². The van der Waals surface area contributed by atoms with E-state index in [1.54, 1.807) is 16.8 Å². The normalized spacial score (nSPS) is 12.6. The second-order valence-electron chi connectivity index (χ2n) is 4.08. The zero-order valence-electron chi connectivity index (χ0n) is 9.97. The van der Waals surface area contributed by atoms with Gasteiger partial charge in [0.05, 0.1) is 11.7 Å². The van der Waals surface area contributed by atoms with Crippen LogP contribution < -0.4 is 17.0 Å². The molecule has 1 heterocycles. The van der Waals surface area contributed by atoms with E-state index in [0.29, 0.717) is 17.1 Å². The molecule has 0 spiro atoms. The Morgan fingerprint density at radius 2 is 2.28 bits per heavy atom. The van der Waals surface area contributed by atoms with Crippen LogP contribution in [0.2, 0.25) is 5.02 Å². The third-order valence-electron chi connectivity index (χ3n) is 2.69. The number of benzene rings is 1. The molecule has 1 atom stereocenters. The van der Waals surface area contributed by atoms with Crippen LogP contribution in [0.25, 0.3) is 0 Å². The minimum absolute atomic E-state index is 0.126. The molecule has 5 N–H and O–H groups in total. The van der Waals surface area contributed by atoms with Crippen LogP contribution in [0.5, 0.6) is 0 Å². The number of hydrogen-bond acceptors (Lipinski definition) is 5. The summed E-state index contributed by atoms with van der Waals surface area (Å²) in [6.45, 7) is 0. The fourth-order valence-electron chi connectivity index (χ4n) is 1.82. The van der Waals surface area contributed by atoms with Gasteiger partial charge in [0.2, 0.25) is 0 Å². The number of halogens is 1. The van der Waals surface area contributed by atoms with Gasteiger partial charge in [0, 0.05) is 30.4 Å². The molecule has 0 radical (unpaired) electrons. The molecule has 0 aliphatic heterocycles. The van der Waals surface area contributed by atoms with Crippen LogP contribution in [0.1, 0.15) is 17.3 Å². The van der Waals surface area contributed by atoms with Crippen molar-refractivity contribution in [2.75, 3.05) is 5.73 Å². The largest absolute Gasteiger partial charge is 0.398 e. The van der Waals surface area contributed by atoms with Crippen LogP contribution in [0.4, 0.5) is 5.69 Å². The molecule has 0 fully saturated rings. The first-order chi connectivity index (χ1) is 8.60. The third-order valence-corrected chi connectivity index (χ3v) is 2.92. The Labute approximate surface area is 110 Å². The van der Waals surface area contributed by atoms with E-state index in [2.05, 4.69) is 15.7 Å². The highest BCUT2D eigenvalue weighted by molar-refractivity contribution is 6.30. The Hall–Kier alpha value is -1.63. The molecule has 0 bridgehead atoms. The molecule has 6 nitrogen and oxygen atoms in total. The van der Waals surface area contributed by atoms with Gasteiger partial charge < -0.3 is 5.73 Å². The molecule has 1 aromatic heterocycles. The van der Waals surface area contributed by atoms with Crippen LogP contribution in [0, 0.1) is 0 Å². The fourth-order valence-corrected chi connectivity index (χ4v) is 2.00. The molecule has 0 aliphatic rings. The van der Waals surface area contributed by atoms with Crippen molar-refractivity contribution >= 4 is 17.3 Å². The summed E-state index contributed by atoms with van der Waals surface area (Å²) in [5, 5.41) is 8.51. The molecule has 2 rings (SSSR count). The van der Waals surface area contributed by atoms with Gasteiger partial charge in [0.25, 0.3) is 0 Å². The Kier molecular flexibility index (Phi) is 3.81. The van der Waals surface area contributed by atoms with Gasteiger partial charge in [0.1, 0.15) is 0 Å². The summed E-state index contributed by atoms with van der Waals surface area (Å²) in [6.07, 6.45) is 2.45. The lowest BCUT2D eigenvalue weighted by molar-refractivity contribution is 0.547. The maximum absolute atomic E-state index is 5.94.